The summed E-state index contributed by atoms with van der Waals surface area (Å²) < 4.78 is 5.30. The Morgan fingerprint density at radius 3 is 2.77 bits per heavy atom. The molecule has 1 aromatic carbocycles. The molecule has 0 saturated heterocycles. The molecule has 0 radical (unpaired) electrons. The summed E-state index contributed by atoms with van der Waals surface area (Å²) in [5.74, 6) is 1.90. The van der Waals surface area contributed by atoms with Crippen molar-refractivity contribution in [2.24, 2.45) is 0 Å². The largest absolute Gasteiger partial charge is 0.337 e. The Labute approximate surface area is 161 Å². The van der Waals surface area contributed by atoms with Crippen LogP contribution < -0.4 is 0 Å². The van der Waals surface area contributed by atoms with Gasteiger partial charge in [-0.15, -0.1) is 23.1 Å². The number of amides is 1. The number of nitrogens with zero attached hydrogens (tertiary/aromatic N) is 3. The Balaban J connectivity index is 1.51. The molecule has 7 heteroatoms. The predicted octanol–water partition coefficient (Wildman–Crippen LogP) is 4.64. The van der Waals surface area contributed by atoms with Crippen LogP contribution in [0, 0.1) is 6.92 Å². The van der Waals surface area contributed by atoms with E-state index in [0.29, 0.717) is 31.2 Å². The number of hydrogen-bond acceptors (Lipinski definition) is 6. The van der Waals surface area contributed by atoms with E-state index in [9.17, 15) is 4.79 Å². The first-order chi connectivity index (χ1) is 12.7. The van der Waals surface area contributed by atoms with Crippen LogP contribution in [0.3, 0.4) is 0 Å². The van der Waals surface area contributed by atoms with E-state index < -0.39 is 0 Å². The monoisotopic (exact) mass is 387 g/mol. The minimum atomic E-state index is 0.1000. The smallest absolute Gasteiger partial charge is 0.246 e. The van der Waals surface area contributed by atoms with Gasteiger partial charge in [0.15, 0.2) is 0 Å². The molecule has 0 aliphatic heterocycles. The van der Waals surface area contributed by atoms with Crippen molar-refractivity contribution in [1.82, 2.24) is 15.0 Å². The van der Waals surface area contributed by atoms with Gasteiger partial charge in [0.1, 0.15) is 0 Å². The summed E-state index contributed by atoms with van der Waals surface area (Å²) in [5, 5.41) is 5.97. The van der Waals surface area contributed by atoms with E-state index in [4.69, 9.17) is 4.52 Å². The molecule has 0 saturated carbocycles. The van der Waals surface area contributed by atoms with Crippen molar-refractivity contribution < 1.29 is 9.32 Å². The average Bonchev–Trinajstić information content (AvgIpc) is 3.32. The van der Waals surface area contributed by atoms with Crippen LogP contribution in [0.1, 0.15) is 24.8 Å². The van der Waals surface area contributed by atoms with Gasteiger partial charge in [0.2, 0.25) is 17.6 Å². The molecule has 1 amide bonds. The van der Waals surface area contributed by atoms with Gasteiger partial charge in [-0.3, -0.25) is 4.79 Å². The second-order valence-electron chi connectivity index (χ2n) is 5.81. The quantitative estimate of drug-likeness (QED) is 0.527. The Morgan fingerprint density at radius 1 is 1.27 bits per heavy atom. The van der Waals surface area contributed by atoms with Crippen molar-refractivity contribution >= 4 is 29.0 Å². The summed E-state index contributed by atoms with van der Waals surface area (Å²) >= 11 is 3.26. The van der Waals surface area contributed by atoms with Crippen LogP contribution in [0.5, 0.6) is 0 Å². The zero-order valence-corrected chi connectivity index (χ0v) is 16.5. The Hall–Kier alpha value is -2.12. The highest BCUT2D eigenvalue weighted by Gasteiger charge is 2.17. The van der Waals surface area contributed by atoms with Crippen molar-refractivity contribution in [3.8, 4) is 10.7 Å². The van der Waals surface area contributed by atoms with E-state index in [0.717, 1.165) is 10.6 Å². The van der Waals surface area contributed by atoms with Crippen molar-refractivity contribution in [3.63, 3.8) is 0 Å². The van der Waals surface area contributed by atoms with E-state index in [2.05, 4.69) is 41.3 Å². The second kappa shape index (κ2) is 9.00. The van der Waals surface area contributed by atoms with Crippen LogP contribution >= 0.6 is 23.1 Å². The predicted molar refractivity (Wildman–Crippen MR) is 105 cm³/mol. The van der Waals surface area contributed by atoms with Crippen LogP contribution in [0.2, 0.25) is 0 Å². The van der Waals surface area contributed by atoms with Crippen LogP contribution in [-0.4, -0.2) is 33.2 Å². The first-order valence-electron chi connectivity index (χ1n) is 8.49. The molecule has 2 aromatic heterocycles. The molecule has 0 N–H and O–H groups in total. The maximum atomic E-state index is 12.5. The standard InChI is InChI=1S/C19H21N3O2S2/c1-3-22(13-17-20-19(21-24-17)16-5-4-11-26-16)18(23)10-12-25-15-8-6-14(2)7-9-15/h4-9,11H,3,10,12-13H2,1-2H3. The zero-order chi connectivity index (χ0) is 18.4. The third-order valence-corrected chi connectivity index (χ3v) is 5.76. The van der Waals surface area contributed by atoms with Gasteiger partial charge in [-0.05, 0) is 37.4 Å². The number of rotatable bonds is 8. The lowest BCUT2D eigenvalue weighted by atomic mass is 10.2. The van der Waals surface area contributed by atoms with Gasteiger partial charge in [0, 0.05) is 23.6 Å². The molecular formula is C19H21N3O2S2. The minimum Gasteiger partial charge on any atom is -0.337 e. The summed E-state index contributed by atoms with van der Waals surface area (Å²) in [7, 11) is 0. The van der Waals surface area contributed by atoms with E-state index in [-0.39, 0.29) is 5.91 Å². The highest BCUT2D eigenvalue weighted by Crippen LogP contribution is 2.22. The van der Waals surface area contributed by atoms with Gasteiger partial charge >= 0.3 is 0 Å². The summed E-state index contributed by atoms with van der Waals surface area (Å²) in [5.41, 5.74) is 1.24. The Kier molecular flexibility index (Phi) is 6.46. The number of thioether (sulfide) groups is 1. The number of aromatic nitrogens is 2. The molecule has 3 rings (SSSR count). The highest BCUT2D eigenvalue weighted by molar-refractivity contribution is 7.99. The number of carbonyl (C=O) groups is 1. The normalized spacial score (nSPS) is 10.8. The lowest BCUT2D eigenvalue weighted by Gasteiger charge is -2.18. The molecule has 0 unspecified atom stereocenters. The fourth-order valence-electron chi connectivity index (χ4n) is 2.41. The highest BCUT2D eigenvalue weighted by atomic mass is 32.2. The molecule has 26 heavy (non-hydrogen) atoms. The SMILES string of the molecule is CCN(Cc1nc(-c2cccs2)no1)C(=O)CCSc1ccc(C)cc1. The van der Waals surface area contributed by atoms with Crippen molar-refractivity contribution in [2.75, 3.05) is 12.3 Å². The maximum absolute atomic E-state index is 12.5. The fourth-order valence-corrected chi connectivity index (χ4v) is 3.90. The molecule has 5 nitrogen and oxygen atoms in total. The first-order valence-corrected chi connectivity index (χ1v) is 10.4. The van der Waals surface area contributed by atoms with Gasteiger partial charge in [0.05, 0.1) is 11.4 Å². The van der Waals surface area contributed by atoms with Crippen LogP contribution in [-0.2, 0) is 11.3 Å². The van der Waals surface area contributed by atoms with E-state index in [1.807, 2.05) is 24.4 Å². The van der Waals surface area contributed by atoms with Crippen LogP contribution in [0.4, 0.5) is 0 Å². The lowest BCUT2D eigenvalue weighted by molar-refractivity contribution is -0.131. The number of hydrogen-bond donors (Lipinski definition) is 0. The number of thiophene rings is 1. The molecule has 0 spiro atoms. The summed E-state index contributed by atoms with van der Waals surface area (Å²) in [6, 6.07) is 12.2. The molecule has 2 heterocycles. The first kappa shape index (κ1) is 18.7. The van der Waals surface area contributed by atoms with E-state index >= 15 is 0 Å². The summed E-state index contributed by atoms with van der Waals surface area (Å²) in [6.07, 6.45) is 0.484. The second-order valence-corrected chi connectivity index (χ2v) is 7.92. The molecule has 0 aliphatic carbocycles. The van der Waals surface area contributed by atoms with Crippen molar-refractivity contribution in [2.45, 2.75) is 31.7 Å². The minimum absolute atomic E-state index is 0.1000. The van der Waals surface area contributed by atoms with Gasteiger partial charge in [-0.1, -0.05) is 28.9 Å². The molecule has 0 atom stereocenters. The van der Waals surface area contributed by atoms with E-state index in [1.165, 1.54) is 10.5 Å². The van der Waals surface area contributed by atoms with Gasteiger partial charge in [0.25, 0.3) is 0 Å². The van der Waals surface area contributed by atoms with Crippen molar-refractivity contribution in [1.29, 1.82) is 0 Å². The van der Waals surface area contributed by atoms with Crippen molar-refractivity contribution in [3.05, 3.63) is 53.2 Å². The average molecular weight is 388 g/mol. The number of carbonyl (C=O) groups excluding carboxylic acids is 1. The lowest BCUT2D eigenvalue weighted by Crippen LogP contribution is -2.30. The molecular weight excluding hydrogens is 366 g/mol. The summed E-state index contributed by atoms with van der Waals surface area (Å²) in [6.45, 7) is 4.99. The zero-order valence-electron chi connectivity index (χ0n) is 14.8. The number of aryl methyl sites for hydroxylation is 1. The third-order valence-electron chi connectivity index (χ3n) is 3.88. The molecule has 0 bridgehead atoms. The Morgan fingerprint density at radius 2 is 2.08 bits per heavy atom. The summed E-state index contributed by atoms with van der Waals surface area (Å²) in [4.78, 5) is 20.8. The van der Waals surface area contributed by atoms with Gasteiger partial charge < -0.3 is 9.42 Å². The van der Waals surface area contributed by atoms with Gasteiger partial charge in [-0.25, -0.2) is 0 Å². The molecule has 136 valence electrons. The fraction of sp³-hybridized carbons (Fsp3) is 0.316. The molecule has 3 aromatic rings. The van der Waals surface area contributed by atoms with Crippen LogP contribution in [0.15, 0.2) is 51.2 Å². The Bertz CT molecular complexity index is 829. The van der Waals surface area contributed by atoms with E-state index in [1.54, 1.807) is 28.0 Å². The third kappa shape index (κ3) is 4.95. The van der Waals surface area contributed by atoms with Gasteiger partial charge in [-0.2, -0.15) is 4.98 Å². The number of benzene rings is 1. The molecule has 0 aliphatic rings. The topological polar surface area (TPSA) is 59.2 Å². The molecule has 0 fully saturated rings. The van der Waals surface area contributed by atoms with Crippen LogP contribution in [0.25, 0.3) is 10.7 Å². The maximum Gasteiger partial charge on any atom is 0.246 e.